The molecule has 0 aliphatic carbocycles. The molecule has 0 saturated carbocycles. The van der Waals surface area contributed by atoms with Crippen LogP contribution in [-0.2, 0) is 20.0 Å². The van der Waals surface area contributed by atoms with Crippen molar-refractivity contribution < 1.29 is 9.21 Å². The minimum atomic E-state index is -0.163. The Hall–Kier alpha value is -2.24. The van der Waals surface area contributed by atoms with Crippen LogP contribution in [0.15, 0.2) is 22.8 Å². The van der Waals surface area contributed by atoms with E-state index in [-0.39, 0.29) is 5.91 Å². The second kappa shape index (κ2) is 5.17. The Bertz CT molecular complexity index is 572. The number of furan rings is 1. The van der Waals surface area contributed by atoms with E-state index in [2.05, 4.69) is 5.10 Å². The van der Waals surface area contributed by atoms with Gasteiger partial charge in [-0.25, -0.2) is 0 Å². The number of hydrogen-bond acceptors (Lipinski definition) is 4. The Balaban J connectivity index is 2.21. The van der Waals surface area contributed by atoms with Crippen molar-refractivity contribution in [2.75, 3.05) is 12.8 Å². The molecule has 0 bridgehead atoms. The molecule has 19 heavy (non-hydrogen) atoms. The molecule has 1 amide bonds. The molecule has 102 valence electrons. The highest BCUT2D eigenvalue weighted by Gasteiger charge is 2.22. The standard InChI is InChI=1S/C13H18N4O2/c1-4-10-11(14)12(17(3)15-10)13(18)16(2)8-9-6-5-7-19-9/h5-7H,4,8,14H2,1-3H3. The van der Waals surface area contributed by atoms with Gasteiger partial charge in [0.05, 0.1) is 24.2 Å². The summed E-state index contributed by atoms with van der Waals surface area (Å²) in [4.78, 5) is 13.9. The summed E-state index contributed by atoms with van der Waals surface area (Å²) in [5.41, 5.74) is 7.60. The lowest BCUT2D eigenvalue weighted by molar-refractivity contribution is 0.0765. The summed E-state index contributed by atoms with van der Waals surface area (Å²) < 4.78 is 6.77. The van der Waals surface area contributed by atoms with Crippen molar-refractivity contribution in [3.8, 4) is 0 Å². The molecule has 2 aromatic heterocycles. The van der Waals surface area contributed by atoms with Crippen LogP contribution < -0.4 is 5.73 Å². The predicted octanol–water partition coefficient (Wildman–Crippen LogP) is 1.43. The van der Waals surface area contributed by atoms with Crippen LogP contribution in [0.5, 0.6) is 0 Å². The summed E-state index contributed by atoms with van der Waals surface area (Å²) in [5.74, 6) is 0.566. The molecule has 0 aliphatic rings. The molecule has 0 saturated heterocycles. The zero-order chi connectivity index (χ0) is 14.0. The minimum Gasteiger partial charge on any atom is -0.467 e. The topological polar surface area (TPSA) is 77.3 Å². The van der Waals surface area contributed by atoms with Gasteiger partial charge in [-0.05, 0) is 18.6 Å². The second-order valence-corrected chi connectivity index (χ2v) is 4.43. The molecule has 0 atom stereocenters. The van der Waals surface area contributed by atoms with Crippen molar-refractivity contribution in [3.63, 3.8) is 0 Å². The van der Waals surface area contributed by atoms with Gasteiger partial charge in [-0.1, -0.05) is 6.92 Å². The Morgan fingerprint density at radius 1 is 1.58 bits per heavy atom. The lowest BCUT2D eigenvalue weighted by Gasteiger charge is -2.16. The van der Waals surface area contributed by atoms with Gasteiger partial charge in [0.2, 0.25) is 0 Å². The number of aryl methyl sites for hydroxylation is 2. The molecular weight excluding hydrogens is 244 g/mol. The average Bonchev–Trinajstić information content (AvgIpc) is 2.97. The van der Waals surface area contributed by atoms with E-state index in [1.54, 1.807) is 31.3 Å². The lowest BCUT2D eigenvalue weighted by atomic mass is 10.2. The Morgan fingerprint density at radius 3 is 2.84 bits per heavy atom. The number of aromatic nitrogens is 2. The largest absolute Gasteiger partial charge is 0.467 e. The number of carbonyl (C=O) groups excluding carboxylic acids is 1. The van der Waals surface area contributed by atoms with Crippen molar-refractivity contribution in [3.05, 3.63) is 35.5 Å². The van der Waals surface area contributed by atoms with Crippen molar-refractivity contribution in [2.24, 2.45) is 7.05 Å². The molecule has 0 radical (unpaired) electrons. The number of anilines is 1. The second-order valence-electron chi connectivity index (χ2n) is 4.43. The third-order valence-electron chi connectivity index (χ3n) is 3.02. The maximum Gasteiger partial charge on any atom is 0.274 e. The quantitative estimate of drug-likeness (QED) is 0.904. The lowest BCUT2D eigenvalue weighted by Crippen LogP contribution is -2.28. The van der Waals surface area contributed by atoms with Gasteiger partial charge in [-0.15, -0.1) is 0 Å². The zero-order valence-electron chi connectivity index (χ0n) is 11.4. The van der Waals surface area contributed by atoms with Crippen molar-refractivity contribution in [2.45, 2.75) is 19.9 Å². The SMILES string of the molecule is CCc1nn(C)c(C(=O)N(C)Cc2ccco2)c1N. The minimum absolute atomic E-state index is 0.163. The summed E-state index contributed by atoms with van der Waals surface area (Å²) >= 11 is 0. The smallest absolute Gasteiger partial charge is 0.274 e. The fourth-order valence-corrected chi connectivity index (χ4v) is 2.00. The maximum atomic E-state index is 12.4. The van der Waals surface area contributed by atoms with Crippen LogP contribution in [0.3, 0.4) is 0 Å². The van der Waals surface area contributed by atoms with E-state index in [1.165, 1.54) is 4.68 Å². The number of carbonyl (C=O) groups is 1. The summed E-state index contributed by atoms with van der Waals surface area (Å²) in [6.07, 6.45) is 2.29. The van der Waals surface area contributed by atoms with E-state index in [4.69, 9.17) is 10.2 Å². The molecular formula is C13H18N4O2. The summed E-state index contributed by atoms with van der Waals surface area (Å²) in [7, 11) is 3.44. The average molecular weight is 262 g/mol. The van der Waals surface area contributed by atoms with Gasteiger partial charge >= 0.3 is 0 Å². The van der Waals surface area contributed by atoms with Crippen LogP contribution in [0, 0.1) is 0 Å². The van der Waals surface area contributed by atoms with E-state index in [1.807, 2.05) is 13.0 Å². The summed E-state index contributed by atoms with van der Waals surface area (Å²) in [5, 5.41) is 4.25. The van der Waals surface area contributed by atoms with Crippen LogP contribution in [0.1, 0.15) is 28.9 Å². The Morgan fingerprint density at radius 2 is 2.32 bits per heavy atom. The molecule has 2 rings (SSSR count). The molecule has 2 N–H and O–H groups in total. The van der Waals surface area contributed by atoms with Gasteiger partial charge in [0.25, 0.3) is 5.91 Å². The molecule has 6 heteroatoms. The monoisotopic (exact) mass is 262 g/mol. The number of nitrogens with two attached hydrogens (primary N) is 1. The zero-order valence-corrected chi connectivity index (χ0v) is 11.4. The highest BCUT2D eigenvalue weighted by Crippen LogP contribution is 2.19. The van der Waals surface area contributed by atoms with Crippen LogP contribution in [0.25, 0.3) is 0 Å². The van der Waals surface area contributed by atoms with E-state index in [0.717, 1.165) is 11.5 Å². The van der Waals surface area contributed by atoms with Crippen LogP contribution in [-0.4, -0.2) is 27.6 Å². The third-order valence-corrected chi connectivity index (χ3v) is 3.02. The van der Waals surface area contributed by atoms with Gasteiger partial charge in [-0.2, -0.15) is 5.10 Å². The summed E-state index contributed by atoms with van der Waals surface area (Å²) in [6.45, 7) is 2.36. The normalized spacial score (nSPS) is 10.7. The molecule has 2 heterocycles. The number of rotatable bonds is 4. The fourth-order valence-electron chi connectivity index (χ4n) is 2.00. The third kappa shape index (κ3) is 2.47. The van der Waals surface area contributed by atoms with Gasteiger partial charge < -0.3 is 15.1 Å². The molecule has 0 spiro atoms. The predicted molar refractivity (Wildman–Crippen MR) is 71.5 cm³/mol. The fraction of sp³-hybridized carbons (Fsp3) is 0.385. The van der Waals surface area contributed by atoms with Gasteiger partial charge in [0.15, 0.2) is 0 Å². The first-order chi connectivity index (χ1) is 9.04. The molecule has 0 unspecified atom stereocenters. The van der Waals surface area contributed by atoms with Crippen LogP contribution in [0.2, 0.25) is 0 Å². The molecule has 2 aromatic rings. The molecule has 6 nitrogen and oxygen atoms in total. The molecule has 0 aromatic carbocycles. The van der Waals surface area contributed by atoms with Crippen LogP contribution in [0.4, 0.5) is 5.69 Å². The highest BCUT2D eigenvalue weighted by molar-refractivity contribution is 5.97. The van der Waals surface area contributed by atoms with Crippen molar-refractivity contribution in [1.29, 1.82) is 0 Å². The van der Waals surface area contributed by atoms with Gasteiger partial charge in [0.1, 0.15) is 11.5 Å². The van der Waals surface area contributed by atoms with E-state index in [0.29, 0.717) is 24.3 Å². The first-order valence-corrected chi connectivity index (χ1v) is 6.13. The number of hydrogen-bond donors (Lipinski definition) is 1. The van der Waals surface area contributed by atoms with E-state index >= 15 is 0 Å². The first-order valence-electron chi connectivity index (χ1n) is 6.13. The van der Waals surface area contributed by atoms with E-state index < -0.39 is 0 Å². The van der Waals surface area contributed by atoms with E-state index in [9.17, 15) is 4.79 Å². The Labute approximate surface area is 111 Å². The first kappa shape index (κ1) is 13.2. The summed E-state index contributed by atoms with van der Waals surface area (Å²) in [6, 6.07) is 3.62. The highest BCUT2D eigenvalue weighted by atomic mass is 16.3. The number of nitrogens with zero attached hydrogens (tertiary/aromatic N) is 3. The van der Waals surface area contributed by atoms with Gasteiger partial charge in [-0.3, -0.25) is 9.48 Å². The number of nitrogen functional groups attached to an aromatic ring is 1. The van der Waals surface area contributed by atoms with Gasteiger partial charge in [0, 0.05) is 14.1 Å². The maximum absolute atomic E-state index is 12.4. The van der Waals surface area contributed by atoms with Crippen molar-refractivity contribution >= 4 is 11.6 Å². The van der Waals surface area contributed by atoms with Crippen LogP contribution >= 0.6 is 0 Å². The number of amides is 1. The van der Waals surface area contributed by atoms with Crippen molar-refractivity contribution in [1.82, 2.24) is 14.7 Å². The Kier molecular flexibility index (Phi) is 3.59. The molecule has 0 fully saturated rings. The molecule has 0 aliphatic heterocycles.